The van der Waals surface area contributed by atoms with Gasteiger partial charge in [0.2, 0.25) is 5.91 Å². The van der Waals surface area contributed by atoms with Crippen LogP contribution in [0.15, 0.2) is 36.5 Å². The van der Waals surface area contributed by atoms with Crippen molar-refractivity contribution < 1.29 is 41.7 Å². The van der Waals surface area contributed by atoms with Crippen LogP contribution in [0.25, 0.3) is 22.2 Å². The van der Waals surface area contributed by atoms with Crippen LogP contribution in [0.3, 0.4) is 0 Å². The van der Waals surface area contributed by atoms with E-state index in [0.29, 0.717) is 17.5 Å². The van der Waals surface area contributed by atoms with Gasteiger partial charge in [-0.05, 0) is 56.0 Å². The van der Waals surface area contributed by atoms with Crippen LogP contribution in [-0.2, 0) is 16.8 Å². The van der Waals surface area contributed by atoms with E-state index in [1.54, 1.807) is 6.92 Å². The summed E-state index contributed by atoms with van der Waals surface area (Å²) in [7, 11) is 1.31. The lowest BCUT2D eigenvalue weighted by molar-refractivity contribution is -0.117. The fraction of sp³-hybridized carbons (Fsp3) is 0.333. The molecule has 2 aromatic carbocycles. The molecular weight excluding hydrogens is 622 g/mol. The van der Waals surface area contributed by atoms with Gasteiger partial charge in [0.25, 0.3) is 5.91 Å². The lowest BCUT2D eigenvalue weighted by atomic mass is 9.90. The molecule has 45 heavy (non-hydrogen) atoms. The number of nitrogens with zero attached hydrogens (tertiary/aromatic N) is 3. The third-order valence-electron chi connectivity index (χ3n) is 7.48. The van der Waals surface area contributed by atoms with Crippen molar-refractivity contribution in [2.24, 2.45) is 11.7 Å². The molecule has 0 bridgehead atoms. The molecule has 0 spiro atoms. The normalized spacial score (nSPS) is 14.4. The van der Waals surface area contributed by atoms with Crippen molar-refractivity contribution in [3.05, 3.63) is 70.0 Å². The molecule has 5 rings (SSSR count). The van der Waals surface area contributed by atoms with Crippen molar-refractivity contribution in [1.29, 1.82) is 0 Å². The van der Waals surface area contributed by atoms with Crippen molar-refractivity contribution in [3.63, 3.8) is 0 Å². The van der Waals surface area contributed by atoms with E-state index in [9.17, 15) is 27.9 Å². The van der Waals surface area contributed by atoms with Gasteiger partial charge in [0, 0.05) is 28.3 Å². The second kappa shape index (κ2) is 12.5. The first kappa shape index (κ1) is 32.0. The molecule has 4 N–H and O–H groups in total. The molecule has 0 aliphatic heterocycles. The number of benzene rings is 2. The van der Waals surface area contributed by atoms with Gasteiger partial charge < -0.3 is 25.6 Å². The van der Waals surface area contributed by atoms with Gasteiger partial charge in [0.1, 0.15) is 39.2 Å². The lowest BCUT2D eigenvalue weighted by Gasteiger charge is -2.30. The van der Waals surface area contributed by atoms with Crippen molar-refractivity contribution in [1.82, 2.24) is 20.1 Å². The van der Waals surface area contributed by atoms with E-state index >= 15 is 4.39 Å². The number of fused-ring (bicyclic) bond motifs is 1. The van der Waals surface area contributed by atoms with E-state index in [2.05, 4.69) is 15.4 Å². The van der Waals surface area contributed by atoms with Gasteiger partial charge in [-0.1, -0.05) is 11.6 Å². The van der Waals surface area contributed by atoms with Crippen molar-refractivity contribution >= 4 is 34.3 Å². The second-order valence-corrected chi connectivity index (χ2v) is 10.9. The molecule has 2 aromatic heterocycles. The summed E-state index contributed by atoms with van der Waals surface area (Å²) in [5.41, 5.74) is 3.60. The summed E-state index contributed by atoms with van der Waals surface area (Å²) in [6, 6.07) is 6.14. The third kappa shape index (κ3) is 6.25. The largest absolute Gasteiger partial charge is 0.494 e. The summed E-state index contributed by atoms with van der Waals surface area (Å²) in [6.45, 7) is -1.54. The number of rotatable bonds is 12. The minimum Gasteiger partial charge on any atom is -0.494 e. The molecule has 2 amide bonds. The molecule has 1 aliphatic rings. The number of hydrogen-bond acceptors (Lipinski definition) is 7. The van der Waals surface area contributed by atoms with Crippen LogP contribution in [-0.4, -0.2) is 51.9 Å². The molecule has 1 atom stereocenters. The zero-order valence-electron chi connectivity index (χ0n) is 24.0. The number of pyridine rings is 1. The Morgan fingerprint density at radius 3 is 2.60 bits per heavy atom. The highest BCUT2D eigenvalue weighted by Crippen LogP contribution is 2.47. The molecular formula is C30H28ClF4N5O5. The van der Waals surface area contributed by atoms with Gasteiger partial charge in [-0.15, -0.1) is 0 Å². The molecule has 15 heteroatoms. The van der Waals surface area contributed by atoms with Crippen LogP contribution in [0.1, 0.15) is 47.9 Å². The summed E-state index contributed by atoms with van der Waals surface area (Å²) < 4.78 is 67.2. The number of primary amides is 1. The van der Waals surface area contributed by atoms with Gasteiger partial charge >= 0.3 is 6.55 Å². The number of ether oxygens (including phenoxy) is 2. The molecule has 0 saturated heterocycles. The average molecular weight is 650 g/mol. The maximum Gasteiger partial charge on any atom is 0.333 e. The van der Waals surface area contributed by atoms with Crippen molar-refractivity contribution in [2.45, 2.75) is 38.3 Å². The van der Waals surface area contributed by atoms with E-state index in [0.717, 1.165) is 18.3 Å². The fourth-order valence-corrected chi connectivity index (χ4v) is 5.32. The number of carbonyl (C=O) groups is 2. The van der Waals surface area contributed by atoms with E-state index < -0.39 is 40.6 Å². The van der Waals surface area contributed by atoms with Crippen LogP contribution in [0.5, 0.6) is 11.5 Å². The Morgan fingerprint density at radius 1 is 1.24 bits per heavy atom. The number of hydrogen-bond donors (Lipinski definition) is 3. The first-order chi connectivity index (χ1) is 21.4. The number of aromatic nitrogens is 3. The molecule has 0 radical (unpaired) electrons. The zero-order valence-corrected chi connectivity index (χ0v) is 24.8. The smallest absolute Gasteiger partial charge is 0.333 e. The molecule has 1 saturated carbocycles. The van der Waals surface area contributed by atoms with Crippen LogP contribution in [0, 0.1) is 17.6 Å². The number of amides is 2. The van der Waals surface area contributed by atoms with E-state index in [-0.39, 0.29) is 76.0 Å². The minimum atomic E-state index is -2.90. The highest BCUT2D eigenvalue weighted by Gasteiger charge is 2.47. The summed E-state index contributed by atoms with van der Waals surface area (Å²) >= 11 is 5.85. The lowest BCUT2D eigenvalue weighted by Crippen LogP contribution is -2.43. The molecule has 238 valence electrons. The SMILES string of the molecule is CCOc1c(CC(N)=O)cc([C@@](O)(CNC(=O)c2cc(OC)c3nn(C(F)F)cc3c2)C2CC2)nc1-c1ccc(F)c(Cl)c1F. The van der Waals surface area contributed by atoms with E-state index in [1.165, 1.54) is 25.3 Å². The molecule has 10 nitrogen and oxygen atoms in total. The summed E-state index contributed by atoms with van der Waals surface area (Å²) in [5, 5.41) is 17.9. The molecule has 2 heterocycles. The summed E-state index contributed by atoms with van der Waals surface area (Å²) in [5.74, 6) is -3.86. The van der Waals surface area contributed by atoms with Crippen molar-refractivity contribution in [2.75, 3.05) is 20.3 Å². The zero-order chi connectivity index (χ0) is 32.6. The van der Waals surface area contributed by atoms with Crippen LogP contribution in [0.4, 0.5) is 17.6 Å². The van der Waals surface area contributed by atoms with Gasteiger partial charge in [-0.2, -0.15) is 13.9 Å². The number of nitrogens with one attached hydrogen (secondary N) is 1. The van der Waals surface area contributed by atoms with Crippen LogP contribution < -0.4 is 20.5 Å². The first-order valence-corrected chi connectivity index (χ1v) is 14.2. The highest BCUT2D eigenvalue weighted by molar-refractivity contribution is 6.31. The van der Waals surface area contributed by atoms with Gasteiger partial charge in [0.05, 0.1) is 32.4 Å². The summed E-state index contributed by atoms with van der Waals surface area (Å²) in [4.78, 5) is 29.9. The third-order valence-corrected chi connectivity index (χ3v) is 7.83. The molecule has 1 fully saturated rings. The van der Waals surface area contributed by atoms with Gasteiger partial charge in [0.15, 0.2) is 5.82 Å². The Kier molecular flexibility index (Phi) is 8.90. The Balaban J connectivity index is 1.56. The highest BCUT2D eigenvalue weighted by atomic mass is 35.5. The van der Waals surface area contributed by atoms with Gasteiger partial charge in [-0.25, -0.2) is 18.4 Å². The number of alkyl halides is 2. The number of nitrogens with two attached hydrogens (primary N) is 1. The topological polar surface area (TPSA) is 142 Å². The predicted octanol–water partition coefficient (Wildman–Crippen LogP) is 4.89. The summed E-state index contributed by atoms with van der Waals surface area (Å²) in [6.07, 6.45) is 1.83. The van der Waals surface area contributed by atoms with Crippen LogP contribution in [0.2, 0.25) is 5.02 Å². The van der Waals surface area contributed by atoms with E-state index in [4.69, 9.17) is 26.8 Å². The predicted molar refractivity (Wildman–Crippen MR) is 155 cm³/mol. The molecule has 4 aromatic rings. The van der Waals surface area contributed by atoms with Crippen molar-refractivity contribution in [3.8, 4) is 22.8 Å². The Bertz CT molecular complexity index is 1800. The standard InChI is InChI=1S/C30H28ClF4N5O5/c1-3-45-27-14(11-22(36)41)10-21(38-26(27)18-6-7-19(32)23(31)24(18)33)30(43,17-4-5-17)13-37-28(42)15-8-16-12-40(29(34)35)39-25(16)20(9-15)44-2/h6-10,12,17,29,43H,3-5,11,13H2,1-2H3,(H2,36,41)(H,37,42)/t30-/m1/s1. The maximum atomic E-state index is 15.3. The van der Waals surface area contributed by atoms with Crippen LogP contribution >= 0.6 is 11.6 Å². The fourth-order valence-electron chi connectivity index (χ4n) is 5.15. The van der Waals surface area contributed by atoms with E-state index in [1.807, 2.05) is 0 Å². The first-order valence-electron chi connectivity index (χ1n) is 13.8. The Labute approximate surface area is 259 Å². The Hall–Kier alpha value is -4.43. The number of halogens is 5. The quantitative estimate of drug-likeness (QED) is 0.147. The number of carbonyl (C=O) groups excluding carboxylic acids is 2. The maximum absolute atomic E-state index is 15.3. The monoisotopic (exact) mass is 649 g/mol. The number of methoxy groups -OCH3 is 1. The minimum absolute atomic E-state index is 0.00597. The molecule has 1 aliphatic carbocycles. The second-order valence-electron chi connectivity index (χ2n) is 10.5. The molecule has 0 unspecified atom stereocenters. The number of aliphatic hydroxyl groups is 1. The average Bonchev–Trinajstić information content (AvgIpc) is 3.77. The van der Waals surface area contributed by atoms with Gasteiger partial charge in [-0.3, -0.25) is 9.59 Å². The Morgan fingerprint density at radius 2 is 1.98 bits per heavy atom.